The number of esters is 1. The van der Waals surface area contributed by atoms with Gasteiger partial charge in [-0.3, -0.25) is 4.79 Å². The fourth-order valence-corrected chi connectivity index (χ4v) is 12.1. The lowest BCUT2D eigenvalue weighted by atomic mass is 9.80. The van der Waals surface area contributed by atoms with Gasteiger partial charge in [0.1, 0.15) is 5.60 Å². The Kier molecular flexibility index (Phi) is 21.3. The maximum atomic E-state index is 14.2. The number of benzene rings is 2. The summed E-state index contributed by atoms with van der Waals surface area (Å²) in [6, 6.07) is 23.4. The van der Waals surface area contributed by atoms with Gasteiger partial charge in [-0.15, -0.1) is 0 Å². The summed E-state index contributed by atoms with van der Waals surface area (Å²) in [5, 5.41) is 12.5. The number of carbonyl (C=O) groups excluding carboxylic acids is 1. The van der Waals surface area contributed by atoms with Gasteiger partial charge in [0.2, 0.25) is 0 Å². The lowest BCUT2D eigenvalue weighted by molar-refractivity contribution is -0.166. The van der Waals surface area contributed by atoms with Crippen LogP contribution in [0.15, 0.2) is 72.3 Å². The molecule has 0 aliphatic heterocycles. The normalized spacial score (nSPS) is 17.5. The molecule has 2 rings (SSSR count). The average Bonchev–Trinajstić information content (AvgIpc) is 3.15. The standard InChI is InChI=1S/C49H84O7Si2/c1-17-58(18-2,19-3)56-46(39(7)33-53-35-42-28-24-21-25-29-42)40(8)44(50)43(47(51)54-48(9,10)11)31-36(4)30-37(5)45(55-57(15,16)49(12,13)14)38(6)32-52-34-41-26-22-20-23-27-41/h20-30,37-40,43-46,50H,17-19,31-35H2,1-16H3/b36-30+/t37-,38-,39-,40-,43?,44?,45+,46-/m0/s1. The van der Waals surface area contributed by atoms with Gasteiger partial charge in [0.05, 0.1) is 50.7 Å². The second-order valence-electron chi connectivity index (χ2n) is 19.7. The second-order valence-corrected chi connectivity index (χ2v) is 29.2. The summed E-state index contributed by atoms with van der Waals surface area (Å²) in [6.45, 7) is 36.6. The molecule has 1 N–H and O–H groups in total. The number of allylic oxidation sites excluding steroid dienone is 1. The van der Waals surface area contributed by atoms with Gasteiger partial charge in [0.25, 0.3) is 0 Å². The van der Waals surface area contributed by atoms with Crippen LogP contribution in [-0.4, -0.2) is 64.8 Å². The van der Waals surface area contributed by atoms with Crippen molar-refractivity contribution in [3.63, 3.8) is 0 Å². The summed E-state index contributed by atoms with van der Waals surface area (Å²) in [5.41, 5.74) is 2.58. The van der Waals surface area contributed by atoms with Crippen LogP contribution >= 0.6 is 0 Å². The maximum absolute atomic E-state index is 14.2. The first kappa shape index (κ1) is 52.0. The molecule has 0 aromatic heterocycles. The molecule has 0 bridgehead atoms. The van der Waals surface area contributed by atoms with Crippen molar-refractivity contribution in [2.24, 2.45) is 29.6 Å². The summed E-state index contributed by atoms with van der Waals surface area (Å²) in [6.07, 6.45) is 1.21. The van der Waals surface area contributed by atoms with Crippen molar-refractivity contribution in [3.05, 3.63) is 83.4 Å². The van der Waals surface area contributed by atoms with Crippen LogP contribution in [0, 0.1) is 29.6 Å². The van der Waals surface area contributed by atoms with E-state index in [9.17, 15) is 9.90 Å². The number of rotatable bonds is 25. The Morgan fingerprint density at radius 2 is 1.17 bits per heavy atom. The predicted octanol–water partition coefficient (Wildman–Crippen LogP) is 12.4. The van der Waals surface area contributed by atoms with E-state index in [4.69, 9.17) is 23.1 Å². The third-order valence-corrected chi connectivity index (χ3v) is 21.6. The van der Waals surface area contributed by atoms with E-state index in [0.717, 1.165) is 34.8 Å². The summed E-state index contributed by atoms with van der Waals surface area (Å²) >= 11 is 0. The quantitative estimate of drug-likeness (QED) is 0.0605. The van der Waals surface area contributed by atoms with Crippen LogP contribution < -0.4 is 0 Å². The van der Waals surface area contributed by atoms with Crippen LogP contribution in [0.1, 0.15) is 114 Å². The van der Waals surface area contributed by atoms with E-state index >= 15 is 0 Å². The van der Waals surface area contributed by atoms with E-state index in [2.05, 4.69) is 113 Å². The number of carbonyl (C=O) groups is 1. The van der Waals surface area contributed by atoms with Gasteiger partial charge in [-0.05, 0) is 87.4 Å². The predicted molar refractivity (Wildman–Crippen MR) is 247 cm³/mol. The monoisotopic (exact) mass is 841 g/mol. The maximum Gasteiger partial charge on any atom is 0.312 e. The molecule has 2 unspecified atom stereocenters. The molecule has 0 spiro atoms. The SMILES string of the molecule is CC[Si](CC)(CC)O[C@@H]([C@@H](C)COCc1ccccc1)[C@@H](C)C(O)C(C/C(C)=C/[C@H](C)[C@@H](O[Si](C)(C)C(C)(C)C)[C@@H](C)COCc1ccccc1)C(=O)OC(C)(C)C. The summed E-state index contributed by atoms with van der Waals surface area (Å²) < 4.78 is 33.0. The topological polar surface area (TPSA) is 83.5 Å². The van der Waals surface area contributed by atoms with Crippen LogP contribution in [0.25, 0.3) is 0 Å². The molecule has 7 nitrogen and oxygen atoms in total. The van der Waals surface area contributed by atoms with Gasteiger partial charge >= 0.3 is 5.97 Å². The number of hydrogen-bond donors (Lipinski definition) is 1. The van der Waals surface area contributed by atoms with Gasteiger partial charge in [0, 0.05) is 17.8 Å². The smallest absolute Gasteiger partial charge is 0.312 e. The zero-order valence-corrected chi connectivity index (χ0v) is 41.5. The molecule has 0 aliphatic carbocycles. The van der Waals surface area contributed by atoms with Crippen molar-refractivity contribution in [1.82, 2.24) is 0 Å². The molecular weight excluding hydrogens is 757 g/mol. The largest absolute Gasteiger partial charge is 0.460 e. The third-order valence-electron chi connectivity index (χ3n) is 12.4. The number of ether oxygens (including phenoxy) is 3. The Hall–Kier alpha value is -2.12. The van der Waals surface area contributed by atoms with E-state index in [0.29, 0.717) is 32.8 Å². The third kappa shape index (κ3) is 16.7. The van der Waals surface area contributed by atoms with Gasteiger partial charge in [0.15, 0.2) is 16.6 Å². The van der Waals surface area contributed by atoms with Crippen LogP contribution in [0.4, 0.5) is 0 Å². The van der Waals surface area contributed by atoms with E-state index < -0.39 is 34.3 Å². The van der Waals surface area contributed by atoms with E-state index in [-0.39, 0.29) is 46.9 Å². The van der Waals surface area contributed by atoms with Crippen LogP contribution in [0.5, 0.6) is 0 Å². The molecule has 9 heteroatoms. The minimum Gasteiger partial charge on any atom is -0.460 e. The highest BCUT2D eigenvalue weighted by Crippen LogP contribution is 2.40. The molecule has 2 aromatic rings. The van der Waals surface area contributed by atoms with Crippen molar-refractivity contribution in [2.45, 2.75) is 177 Å². The van der Waals surface area contributed by atoms with Crippen LogP contribution in [0.2, 0.25) is 36.3 Å². The fourth-order valence-electron chi connectivity index (χ4n) is 7.59. The first-order chi connectivity index (χ1) is 27.0. The van der Waals surface area contributed by atoms with Crippen molar-refractivity contribution >= 4 is 22.6 Å². The lowest BCUT2D eigenvalue weighted by Gasteiger charge is -2.42. The molecule has 0 saturated heterocycles. The van der Waals surface area contributed by atoms with Crippen molar-refractivity contribution in [3.8, 4) is 0 Å². The number of hydrogen-bond acceptors (Lipinski definition) is 7. The molecule has 0 aliphatic rings. The molecular formula is C49H84O7Si2. The van der Waals surface area contributed by atoms with Gasteiger partial charge < -0.3 is 28.2 Å². The minimum absolute atomic E-state index is 0.0142. The first-order valence-electron chi connectivity index (χ1n) is 22.2. The van der Waals surface area contributed by atoms with Crippen molar-refractivity contribution in [1.29, 1.82) is 0 Å². The molecule has 0 fully saturated rings. The fraction of sp³-hybridized carbons (Fsp3) is 0.694. The average molecular weight is 841 g/mol. The van der Waals surface area contributed by atoms with E-state index in [1.54, 1.807) is 0 Å². The number of aliphatic hydroxyl groups excluding tert-OH is 1. The second kappa shape index (κ2) is 23.8. The minimum atomic E-state index is -2.16. The Labute approximate surface area is 357 Å². The summed E-state index contributed by atoms with van der Waals surface area (Å²) in [7, 11) is -4.27. The Bertz CT molecular complexity index is 1470. The van der Waals surface area contributed by atoms with Gasteiger partial charge in [-0.2, -0.15) is 0 Å². The highest BCUT2D eigenvalue weighted by atomic mass is 28.4. The van der Waals surface area contributed by atoms with E-state index in [1.807, 2.05) is 64.1 Å². The molecule has 0 heterocycles. The van der Waals surface area contributed by atoms with Crippen LogP contribution in [0.3, 0.4) is 0 Å². The van der Waals surface area contributed by atoms with Crippen molar-refractivity contribution < 1.29 is 33.0 Å². The Morgan fingerprint density at radius 3 is 1.59 bits per heavy atom. The molecule has 2 aromatic carbocycles. The molecule has 8 atom stereocenters. The summed E-state index contributed by atoms with van der Waals surface area (Å²) in [4.78, 5) is 14.2. The first-order valence-corrected chi connectivity index (χ1v) is 27.6. The lowest BCUT2D eigenvalue weighted by Crippen LogP contribution is -2.50. The zero-order valence-electron chi connectivity index (χ0n) is 39.5. The molecule has 0 radical (unpaired) electrons. The van der Waals surface area contributed by atoms with Crippen LogP contribution in [-0.2, 0) is 41.1 Å². The summed E-state index contributed by atoms with van der Waals surface area (Å²) in [5.74, 6) is -1.39. The zero-order chi connectivity index (χ0) is 43.9. The number of aliphatic hydroxyl groups is 1. The van der Waals surface area contributed by atoms with Gasteiger partial charge in [-0.25, -0.2) is 0 Å². The molecule has 0 amide bonds. The Morgan fingerprint density at radius 1 is 0.724 bits per heavy atom. The highest BCUT2D eigenvalue weighted by Gasteiger charge is 2.44. The molecule has 0 saturated carbocycles. The molecule has 330 valence electrons. The van der Waals surface area contributed by atoms with Crippen molar-refractivity contribution in [2.75, 3.05) is 13.2 Å². The highest BCUT2D eigenvalue weighted by molar-refractivity contribution is 6.74. The Balaban J connectivity index is 2.46. The van der Waals surface area contributed by atoms with E-state index in [1.165, 1.54) is 0 Å². The van der Waals surface area contributed by atoms with Gasteiger partial charge in [-0.1, -0.05) is 142 Å². The molecule has 58 heavy (non-hydrogen) atoms.